The molecule has 0 saturated carbocycles. The standard InChI is InChI=1S/C48H94NO8P/c1-6-8-10-12-14-16-18-20-22-23-24-25-27-29-31-33-35-37-39-41-48(51)57-46(45-56-58(52,53)55-43-42-49(3,4)5)44-54-47(50)40-38-36-34-32-30-28-26-21-19-17-15-13-11-9-7-2/h13,15,46H,6-12,14,16-45H2,1-5H3/p+1/b15-13+/t46-/m1/s1. The minimum absolute atomic E-state index is 0.0349. The summed E-state index contributed by atoms with van der Waals surface area (Å²) < 4.78 is 34.4. The molecule has 0 heterocycles. The van der Waals surface area contributed by atoms with E-state index >= 15 is 0 Å². The van der Waals surface area contributed by atoms with Gasteiger partial charge in [0.2, 0.25) is 0 Å². The average Bonchev–Trinajstić information content (AvgIpc) is 3.17. The molecule has 0 bridgehead atoms. The Kier molecular flexibility index (Phi) is 40.2. The summed E-state index contributed by atoms with van der Waals surface area (Å²) in [7, 11) is 1.49. The van der Waals surface area contributed by atoms with E-state index in [-0.39, 0.29) is 25.6 Å². The van der Waals surface area contributed by atoms with Crippen LogP contribution in [0.1, 0.15) is 232 Å². The second kappa shape index (κ2) is 41.1. The summed E-state index contributed by atoms with van der Waals surface area (Å²) in [5, 5.41) is 0. The van der Waals surface area contributed by atoms with Crippen molar-refractivity contribution in [3.05, 3.63) is 12.2 Å². The smallest absolute Gasteiger partial charge is 0.462 e. The van der Waals surface area contributed by atoms with Gasteiger partial charge in [0.05, 0.1) is 27.7 Å². The van der Waals surface area contributed by atoms with Crippen molar-refractivity contribution in [2.24, 2.45) is 0 Å². The zero-order chi connectivity index (χ0) is 42.8. The number of phosphoric acid groups is 1. The Balaban J connectivity index is 4.24. The number of unbranched alkanes of at least 4 members (excludes halogenated alkanes) is 29. The average molecular weight is 845 g/mol. The van der Waals surface area contributed by atoms with Gasteiger partial charge in [0.1, 0.15) is 19.8 Å². The minimum Gasteiger partial charge on any atom is -0.462 e. The summed E-state index contributed by atoms with van der Waals surface area (Å²) in [5.74, 6) is -0.787. The first kappa shape index (κ1) is 56.8. The first-order valence-electron chi connectivity index (χ1n) is 24.4. The van der Waals surface area contributed by atoms with Crippen molar-refractivity contribution >= 4 is 19.8 Å². The third kappa shape index (κ3) is 44.3. The third-order valence-electron chi connectivity index (χ3n) is 10.8. The van der Waals surface area contributed by atoms with Crippen LogP contribution in [0.3, 0.4) is 0 Å². The van der Waals surface area contributed by atoms with Crippen molar-refractivity contribution in [2.75, 3.05) is 47.5 Å². The van der Waals surface area contributed by atoms with E-state index in [0.717, 1.165) is 32.1 Å². The zero-order valence-corrected chi connectivity index (χ0v) is 39.7. The molecule has 0 aromatic rings. The fourth-order valence-corrected chi connectivity index (χ4v) is 7.68. The summed E-state index contributed by atoms with van der Waals surface area (Å²) in [6, 6.07) is 0. The number of rotatable bonds is 45. The predicted molar refractivity (Wildman–Crippen MR) is 243 cm³/mol. The van der Waals surface area contributed by atoms with Gasteiger partial charge in [-0.15, -0.1) is 0 Å². The quantitative estimate of drug-likeness (QED) is 0.0212. The summed E-state index contributed by atoms with van der Waals surface area (Å²) in [6.45, 7) is 4.43. The maximum absolute atomic E-state index is 12.7. The van der Waals surface area contributed by atoms with Crippen LogP contribution in [0.4, 0.5) is 0 Å². The van der Waals surface area contributed by atoms with Crippen LogP contribution < -0.4 is 0 Å². The molecule has 2 atom stereocenters. The van der Waals surface area contributed by atoms with Crippen LogP contribution in [0, 0.1) is 0 Å². The topological polar surface area (TPSA) is 108 Å². The van der Waals surface area contributed by atoms with Gasteiger partial charge in [-0.25, -0.2) is 4.57 Å². The molecule has 0 rings (SSSR count). The number of phosphoric ester groups is 1. The number of likely N-dealkylation sites (N-methyl/N-ethyl adjacent to an activating group) is 1. The normalized spacial score (nSPS) is 13.6. The number of hydrogen-bond donors (Lipinski definition) is 1. The highest BCUT2D eigenvalue weighted by Gasteiger charge is 2.27. The lowest BCUT2D eigenvalue weighted by molar-refractivity contribution is -0.870. The predicted octanol–water partition coefficient (Wildman–Crippen LogP) is 14.1. The molecule has 10 heteroatoms. The summed E-state index contributed by atoms with van der Waals surface area (Å²) in [6.07, 6.45) is 44.0. The molecule has 0 aliphatic rings. The third-order valence-corrected chi connectivity index (χ3v) is 11.8. The second-order valence-corrected chi connectivity index (χ2v) is 19.3. The van der Waals surface area contributed by atoms with Crippen LogP contribution in [0.15, 0.2) is 12.2 Å². The SMILES string of the molecule is CCCC/C=C/CCCCCCCCCCCC(=O)OC[C@H](COP(=O)(O)OCC[N+](C)(C)C)OC(=O)CCCCCCCCCCCCCCCCCCCCC. The number of allylic oxidation sites excluding steroid dienone is 2. The van der Waals surface area contributed by atoms with Crippen LogP contribution in [-0.2, 0) is 32.7 Å². The molecule has 0 amide bonds. The van der Waals surface area contributed by atoms with Gasteiger partial charge in [-0.3, -0.25) is 18.6 Å². The van der Waals surface area contributed by atoms with Crippen molar-refractivity contribution in [2.45, 2.75) is 238 Å². The van der Waals surface area contributed by atoms with E-state index < -0.39 is 26.5 Å². The fourth-order valence-electron chi connectivity index (χ4n) is 6.94. The van der Waals surface area contributed by atoms with Gasteiger partial charge in [-0.1, -0.05) is 199 Å². The molecule has 0 fully saturated rings. The summed E-state index contributed by atoms with van der Waals surface area (Å²) in [5.41, 5.74) is 0. The van der Waals surface area contributed by atoms with Crippen LogP contribution in [0.2, 0.25) is 0 Å². The maximum atomic E-state index is 12.7. The first-order valence-corrected chi connectivity index (χ1v) is 25.9. The number of quaternary nitrogens is 1. The van der Waals surface area contributed by atoms with E-state index in [1.54, 1.807) is 0 Å². The zero-order valence-electron chi connectivity index (χ0n) is 38.8. The Bertz CT molecular complexity index is 1000. The molecular formula is C48H95NO8P+. The molecule has 0 spiro atoms. The van der Waals surface area contributed by atoms with Gasteiger partial charge in [0.25, 0.3) is 0 Å². The Hall–Kier alpha value is -1.25. The number of hydrogen-bond acceptors (Lipinski definition) is 7. The molecule has 0 saturated heterocycles. The van der Waals surface area contributed by atoms with Gasteiger partial charge < -0.3 is 18.9 Å². The van der Waals surface area contributed by atoms with E-state index in [9.17, 15) is 19.0 Å². The van der Waals surface area contributed by atoms with Gasteiger partial charge in [0, 0.05) is 12.8 Å². The summed E-state index contributed by atoms with van der Waals surface area (Å²) in [4.78, 5) is 35.5. The largest absolute Gasteiger partial charge is 0.472 e. The number of nitrogens with zero attached hydrogens (tertiary/aromatic N) is 1. The Labute approximate surface area is 358 Å². The molecule has 9 nitrogen and oxygen atoms in total. The van der Waals surface area contributed by atoms with Crippen molar-refractivity contribution < 1.29 is 42.1 Å². The van der Waals surface area contributed by atoms with Gasteiger partial charge in [0.15, 0.2) is 6.10 Å². The fraction of sp³-hybridized carbons (Fsp3) is 0.917. The highest BCUT2D eigenvalue weighted by atomic mass is 31.2. The van der Waals surface area contributed by atoms with Crippen LogP contribution >= 0.6 is 7.82 Å². The number of esters is 2. The van der Waals surface area contributed by atoms with E-state index in [4.69, 9.17) is 18.5 Å². The molecule has 0 aliphatic heterocycles. The van der Waals surface area contributed by atoms with Crippen molar-refractivity contribution in [1.82, 2.24) is 0 Å². The van der Waals surface area contributed by atoms with Crippen LogP contribution in [-0.4, -0.2) is 74.9 Å². The molecule has 58 heavy (non-hydrogen) atoms. The molecule has 1 N–H and O–H groups in total. The number of ether oxygens (including phenoxy) is 2. The highest BCUT2D eigenvalue weighted by molar-refractivity contribution is 7.47. The van der Waals surface area contributed by atoms with Crippen LogP contribution in [0.25, 0.3) is 0 Å². The van der Waals surface area contributed by atoms with E-state index in [2.05, 4.69) is 26.0 Å². The number of carbonyl (C=O) groups is 2. The molecule has 1 unspecified atom stereocenters. The maximum Gasteiger partial charge on any atom is 0.472 e. The Morgan fingerprint density at radius 1 is 0.517 bits per heavy atom. The summed E-state index contributed by atoms with van der Waals surface area (Å²) >= 11 is 0. The van der Waals surface area contributed by atoms with E-state index in [1.807, 2.05) is 21.1 Å². The molecule has 344 valence electrons. The van der Waals surface area contributed by atoms with Crippen molar-refractivity contribution in [3.8, 4) is 0 Å². The lowest BCUT2D eigenvalue weighted by atomic mass is 10.0. The number of carbonyl (C=O) groups excluding carboxylic acids is 2. The molecule has 0 aliphatic carbocycles. The van der Waals surface area contributed by atoms with Gasteiger partial charge >= 0.3 is 19.8 Å². The monoisotopic (exact) mass is 845 g/mol. The highest BCUT2D eigenvalue weighted by Crippen LogP contribution is 2.43. The van der Waals surface area contributed by atoms with E-state index in [1.165, 1.54) is 167 Å². The molecular weight excluding hydrogens is 750 g/mol. The van der Waals surface area contributed by atoms with Crippen molar-refractivity contribution in [3.63, 3.8) is 0 Å². The van der Waals surface area contributed by atoms with E-state index in [0.29, 0.717) is 23.9 Å². The lowest BCUT2D eigenvalue weighted by Crippen LogP contribution is -2.37. The van der Waals surface area contributed by atoms with Crippen LogP contribution in [0.5, 0.6) is 0 Å². The van der Waals surface area contributed by atoms with Crippen molar-refractivity contribution in [1.29, 1.82) is 0 Å². The molecule has 0 aromatic heterocycles. The molecule has 0 aromatic carbocycles. The Morgan fingerprint density at radius 2 is 0.897 bits per heavy atom. The first-order chi connectivity index (χ1) is 28.0. The lowest BCUT2D eigenvalue weighted by Gasteiger charge is -2.24. The van der Waals surface area contributed by atoms with Gasteiger partial charge in [-0.2, -0.15) is 0 Å². The minimum atomic E-state index is -4.37. The Morgan fingerprint density at radius 3 is 1.33 bits per heavy atom. The second-order valence-electron chi connectivity index (χ2n) is 17.9. The van der Waals surface area contributed by atoms with Gasteiger partial charge in [-0.05, 0) is 32.1 Å². The molecule has 0 radical (unpaired) electrons.